The zero-order valence-electron chi connectivity index (χ0n) is 16.7. The number of methoxy groups -OCH3 is 2. The third kappa shape index (κ3) is 5.82. The lowest BCUT2D eigenvalue weighted by Crippen LogP contribution is -2.55. The van der Waals surface area contributed by atoms with E-state index in [1.807, 2.05) is 18.2 Å². The smallest absolute Gasteiger partial charge is 0.240 e. The first-order valence-electron chi connectivity index (χ1n) is 9.59. The minimum absolute atomic E-state index is 0. The SMILES string of the molecule is COc1cc(OC)cc(N2CCC(CNC(=O)C3(N)CCCCC3)C2)c1.Cl.Cl. The number of nitrogens with two attached hydrogens (primary N) is 1. The van der Waals surface area contributed by atoms with E-state index in [0.717, 1.165) is 62.4 Å². The average molecular weight is 434 g/mol. The number of benzene rings is 1. The molecule has 0 aromatic heterocycles. The van der Waals surface area contributed by atoms with Gasteiger partial charge in [0.1, 0.15) is 11.5 Å². The highest BCUT2D eigenvalue weighted by molar-refractivity contribution is 5.86. The number of hydrogen-bond donors (Lipinski definition) is 2. The number of nitrogens with zero attached hydrogens (tertiary/aromatic N) is 1. The van der Waals surface area contributed by atoms with E-state index in [4.69, 9.17) is 15.2 Å². The van der Waals surface area contributed by atoms with E-state index in [0.29, 0.717) is 12.5 Å². The van der Waals surface area contributed by atoms with E-state index >= 15 is 0 Å². The van der Waals surface area contributed by atoms with Gasteiger partial charge in [0.15, 0.2) is 0 Å². The van der Waals surface area contributed by atoms with E-state index in [-0.39, 0.29) is 30.7 Å². The van der Waals surface area contributed by atoms with Gasteiger partial charge >= 0.3 is 0 Å². The molecule has 160 valence electrons. The van der Waals surface area contributed by atoms with Crippen molar-refractivity contribution in [3.05, 3.63) is 18.2 Å². The van der Waals surface area contributed by atoms with Crippen molar-refractivity contribution in [3.8, 4) is 11.5 Å². The highest BCUT2D eigenvalue weighted by Gasteiger charge is 2.35. The summed E-state index contributed by atoms with van der Waals surface area (Å²) in [6.07, 6.45) is 5.96. The Bertz CT molecular complexity index is 617. The normalized spacial score (nSPS) is 20.5. The van der Waals surface area contributed by atoms with Crippen LogP contribution in [-0.2, 0) is 4.79 Å². The number of halogens is 2. The maximum atomic E-state index is 12.5. The predicted molar refractivity (Wildman–Crippen MR) is 117 cm³/mol. The first-order valence-corrected chi connectivity index (χ1v) is 9.59. The Balaban J connectivity index is 0.00000196. The Labute approximate surface area is 180 Å². The fraction of sp³-hybridized carbons (Fsp3) is 0.650. The minimum Gasteiger partial charge on any atom is -0.497 e. The van der Waals surface area contributed by atoms with Crippen LogP contribution in [0.25, 0.3) is 0 Å². The van der Waals surface area contributed by atoms with Crippen LogP contribution >= 0.6 is 24.8 Å². The van der Waals surface area contributed by atoms with E-state index in [1.54, 1.807) is 14.2 Å². The minimum atomic E-state index is -0.656. The maximum absolute atomic E-state index is 12.5. The zero-order valence-corrected chi connectivity index (χ0v) is 18.4. The number of rotatable bonds is 6. The molecule has 0 spiro atoms. The van der Waals surface area contributed by atoms with Crippen LogP contribution < -0.4 is 25.4 Å². The summed E-state index contributed by atoms with van der Waals surface area (Å²) in [5, 5.41) is 3.11. The third-order valence-corrected chi connectivity index (χ3v) is 5.74. The first-order chi connectivity index (χ1) is 12.5. The van der Waals surface area contributed by atoms with Crippen molar-refractivity contribution in [1.29, 1.82) is 0 Å². The van der Waals surface area contributed by atoms with Gasteiger partial charge in [0.2, 0.25) is 5.91 Å². The molecule has 0 bridgehead atoms. The molecule has 3 N–H and O–H groups in total. The number of anilines is 1. The highest BCUT2D eigenvalue weighted by Crippen LogP contribution is 2.32. The van der Waals surface area contributed by atoms with Crippen molar-refractivity contribution in [2.75, 3.05) is 38.8 Å². The second kappa shape index (κ2) is 11.0. The molecular weight excluding hydrogens is 401 g/mol. The van der Waals surface area contributed by atoms with Gasteiger partial charge in [-0.15, -0.1) is 24.8 Å². The number of nitrogens with one attached hydrogen (secondary N) is 1. The van der Waals surface area contributed by atoms with Crippen molar-refractivity contribution in [3.63, 3.8) is 0 Å². The number of carbonyl (C=O) groups excluding carboxylic acids is 1. The van der Waals surface area contributed by atoms with Gasteiger partial charge in [0.25, 0.3) is 0 Å². The summed E-state index contributed by atoms with van der Waals surface area (Å²) in [6.45, 7) is 2.56. The molecule has 2 fully saturated rings. The number of ether oxygens (including phenoxy) is 2. The van der Waals surface area contributed by atoms with Crippen LogP contribution in [0.4, 0.5) is 5.69 Å². The molecule has 1 saturated heterocycles. The molecule has 6 nitrogen and oxygen atoms in total. The molecule has 3 rings (SSSR count). The number of amides is 1. The molecule has 1 amide bonds. The summed E-state index contributed by atoms with van der Waals surface area (Å²) in [4.78, 5) is 14.8. The van der Waals surface area contributed by atoms with Gasteiger partial charge in [-0.1, -0.05) is 19.3 Å². The second-order valence-corrected chi connectivity index (χ2v) is 7.60. The van der Waals surface area contributed by atoms with E-state index in [2.05, 4.69) is 10.2 Å². The van der Waals surface area contributed by atoms with Gasteiger partial charge in [0.05, 0.1) is 19.8 Å². The quantitative estimate of drug-likeness (QED) is 0.720. The van der Waals surface area contributed by atoms with Crippen molar-refractivity contribution < 1.29 is 14.3 Å². The van der Waals surface area contributed by atoms with Crippen molar-refractivity contribution >= 4 is 36.4 Å². The van der Waals surface area contributed by atoms with Crippen LogP contribution in [-0.4, -0.2) is 45.3 Å². The Morgan fingerprint density at radius 2 is 1.75 bits per heavy atom. The molecule has 1 saturated carbocycles. The summed E-state index contributed by atoms with van der Waals surface area (Å²) in [5.74, 6) is 2.04. The molecule has 1 atom stereocenters. The van der Waals surface area contributed by atoms with E-state index in [1.165, 1.54) is 6.42 Å². The Hall–Kier alpha value is -1.37. The third-order valence-electron chi connectivity index (χ3n) is 5.74. The Kier molecular flexibility index (Phi) is 9.67. The van der Waals surface area contributed by atoms with Gasteiger partial charge in [0, 0.05) is 43.5 Å². The van der Waals surface area contributed by atoms with Crippen LogP contribution in [0.1, 0.15) is 38.5 Å². The lowest BCUT2D eigenvalue weighted by atomic mass is 9.82. The molecule has 28 heavy (non-hydrogen) atoms. The predicted octanol–water partition coefficient (Wildman–Crippen LogP) is 3.15. The molecule has 1 aromatic carbocycles. The number of hydrogen-bond acceptors (Lipinski definition) is 5. The van der Waals surface area contributed by atoms with Gasteiger partial charge in [-0.2, -0.15) is 0 Å². The molecule has 2 aliphatic rings. The topological polar surface area (TPSA) is 76.8 Å². The average Bonchev–Trinajstić information content (AvgIpc) is 3.15. The van der Waals surface area contributed by atoms with Crippen LogP contribution in [0, 0.1) is 5.92 Å². The van der Waals surface area contributed by atoms with Crippen molar-refractivity contribution in [2.45, 2.75) is 44.1 Å². The molecular formula is C20H33Cl2N3O3. The van der Waals surface area contributed by atoms with Gasteiger partial charge in [-0.3, -0.25) is 4.79 Å². The summed E-state index contributed by atoms with van der Waals surface area (Å²) in [5.41, 5.74) is 6.76. The summed E-state index contributed by atoms with van der Waals surface area (Å²) < 4.78 is 10.7. The Morgan fingerprint density at radius 1 is 1.14 bits per heavy atom. The van der Waals surface area contributed by atoms with Gasteiger partial charge in [-0.25, -0.2) is 0 Å². The summed E-state index contributed by atoms with van der Waals surface area (Å²) in [7, 11) is 3.32. The molecule has 8 heteroatoms. The fourth-order valence-electron chi connectivity index (χ4n) is 4.03. The summed E-state index contributed by atoms with van der Waals surface area (Å²) >= 11 is 0. The second-order valence-electron chi connectivity index (χ2n) is 7.60. The van der Waals surface area contributed by atoms with Crippen LogP contribution in [0.15, 0.2) is 18.2 Å². The monoisotopic (exact) mass is 433 g/mol. The van der Waals surface area contributed by atoms with Crippen molar-refractivity contribution in [1.82, 2.24) is 5.32 Å². The lowest BCUT2D eigenvalue weighted by Gasteiger charge is -2.32. The van der Waals surface area contributed by atoms with E-state index < -0.39 is 5.54 Å². The molecule has 1 aliphatic carbocycles. The van der Waals surface area contributed by atoms with E-state index in [9.17, 15) is 4.79 Å². The largest absolute Gasteiger partial charge is 0.497 e. The van der Waals surface area contributed by atoms with Gasteiger partial charge in [-0.05, 0) is 25.2 Å². The molecule has 1 aliphatic heterocycles. The van der Waals surface area contributed by atoms with Crippen LogP contribution in [0.3, 0.4) is 0 Å². The molecule has 1 unspecified atom stereocenters. The van der Waals surface area contributed by atoms with Gasteiger partial charge < -0.3 is 25.4 Å². The van der Waals surface area contributed by atoms with Crippen LogP contribution in [0.5, 0.6) is 11.5 Å². The maximum Gasteiger partial charge on any atom is 0.240 e. The van der Waals surface area contributed by atoms with Crippen molar-refractivity contribution in [2.24, 2.45) is 11.7 Å². The standard InChI is InChI=1S/C20H31N3O3.2ClH/c1-25-17-10-16(11-18(12-17)26-2)23-9-6-15(14-23)13-22-19(24)20(21)7-4-3-5-8-20;;/h10-12,15H,3-9,13-14,21H2,1-2H3,(H,22,24);2*1H. The number of carbonyl (C=O) groups is 1. The Morgan fingerprint density at radius 3 is 2.32 bits per heavy atom. The summed E-state index contributed by atoms with van der Waals surface area (Å²) in [6, 6.07) is 5.93. The zero-order chi connectivity index (χ0) is 18.6. The highest BCUT2D eigenvalue weighted by atomic mass is 35.5. The lowest BCUT2D eigenvalue weighted by molar-refractivity contribution is -0.127. The molecule has 1 aromatic rings. The van der Waals surface area contributed by atoms with Crippen LogP contribution in [0.2, 0.25) is 0 Å². The molecule has 0 radical (unpaired) electrons. The first kappa shape index (κ1) is 24.7. The fourth-order valence-corrected chi connectivity index (χ4v) is 4.03. The molecule has 1 heterocycles.